The number of fused-ring (bicyclic) bond motifs is 2. The van der Waals surface area contributed by atoms with E-state index >= 15 is 0 Å². The van der Waals surface area contributed by atoms with E-state index in [2.05, 4.69) is 10.6 Å². The van der Waals surface area contributed by atoms with E-state index in [-0.39, 0.29) is 27.1 Å². The van der Waals surface area contributed by atoms with Crippen molar-refractivity contribution in [2.45, 2.75) is 36.0 Å². The second-order valence-electron chi connectivity index (χ2n) is 7.57. The third kappa shape index (κ3) is 9.09. The Morgan fingerprint density at radius 3 is 1.36 bits per heavy atom. The molecular weight excluding hydrogens is 605 g/mol. The topological polar surface area (TPSA) is 62.3 Å². The number of halogens is 6. The van der Waals surface area contributed by atoms with Crippen LogP contribution < -0.4 is 0 Å². The first-order chi connectivity index (χ1) is 17.8. The molecule has 0 N–H and O–H groups in total. The molecule has 0 fully saturated rings. The molecule has 0 saturated carbocycles. The van der Waals surface area contributed by atoms with Crippen LogP contribution in [0.1, 0.15) is 25.0 Å². The van der Waals surface area contributed by atoms with Gasteiger partial charge in [-0.25, -0.2) is 0 Å². The van der Waals surface area contributed by atoms with Crippen molar-refractivity contribution in [1.82, 2.24) is 0 Å². The van der Waals surface area contributed by atoms with Crippen molar-refractivity contribution in [3.63, 3.8) is 0 Å². The van der Waals surface area contributed by atoms with Crippen molar-refractivity contribution in [1.29, 1.82) is 0 Å². The number of benzene rings is 2. The number of thioether (sulfide) groups is 2. The van der Waals surface area contributed by atoms with Crippen LogP contribution >= 0.6 is 23.5 Å². The van der Waals surface area contributed by atoms with Crippen LogP contribution in [0.4, 0.5) is 37.7 Å². The maximum atomic E-state index is 12.1. The molecule has 1 radical (unpaired) electrons. The molecular formula is C26H18F6MnN2O2S2. The maximum Gasteiger partial charge on any atom is 2.00 e. The van der Waals surface area contributed by atoms with E-state index in [0.717, 1.165) is 44.4 Å². The van der Waals surface area contributed by atoms with Crippen LogP contribution in [-0.4, -0.2) is 23.9 Å². The number of allylic oxidation sites excluding steroid dienone is 4. The van der Waals surface area contributed by atoms with Gasteiger partial charge in [0.25, 0.3) is 11.6 Å². The summed E-state index contributed by atoms with van der Waals surface area (Å²) in [6.07, 6.45) is -1.17. The van der Waals surface area contributed by atoms with Crippen molar-refractivity contribution in [2.75, 3.05) is 0 Å². The smallest absolute Gasteiger partial charge is 0.651 e. The van der Waals surface area contributed by atoms with E-state index in [9.17, 15) is 35.9 Å². The molecule has 0 unspecified atom stereocenters. The Bertz CT molecular complexity index is 1260. The van der Waals surface area contributed by atoms with Gasteiger partial charge in [-0.2, -0.15) is 26.3 Å². The molecule has 13 heteroatoms. The van der Waals surface area contributed by atoms with Crippen LogP contribution in [-0.2, 0) is 26.7 Å². The fourth-order valence-electron chi connectivity index (χ4n) is 3.02. The van der Waals surface area contributed by atoms with Gasteiger partial charge in [-0.05, 0) is 59.1 Å². The van der Waals surface area contributed by atoms with Gasteiger partial charge in [0.15, 0.2) is 0 Å². The Kier molecular flexibility index (Phi) is 11.2. The van der Waals surface area contributed by atoms with E-state index in [0.29, 0.717) is 23.5 Å². The summed E-state index contributed by atoms with van der Waals surface area (Å²) < 4.78 is 72.9. The van der Waals surface area contributed by atoms with Gasteiger partial charge in [-0.3, -0.25) is 9.59 Å². The summed E-state index contributed by atoms with van der Waals surface area (Å²) in [7, 11) is 0. The van der Waals surface area contributed by atoms with Gasteiger partial charge < -0.3 is 10.6 Å². The van der Waals surface area contributed by atoms with Crippen molar-refractivity contribution in [3.8, 4) is 0 Å². The molecule has 0 saturated heterocycles. The number of nitrogens with zero attached hydrogens (tertiary/aromatic N) is 2. The average molecular weight is 624 g/mol. The Balaban J connectivity index is 0.000000267. The molecule has 0 aliphatic carbocycles. The quantitative estimate of drug-likeness (QED) is 0.193. The molecule has 2 heterocycles. The zero-order chi connectivity index (χ0) is 28.1. The van der Waals surface area contributed by atoms with Crippen LogP contribution in [0.2, 0.25) is 0 Å². The minimum Gasteiger partial charge on any atom is -0.651 e. The van der Waals surface area contributed by atoms with Crippen molar-refractivity contribution < 1.29 is 53.0 Å². The normalized spacial score (nSPS) is 16.3. The molecule has 2 aromatic carbocycles. The largest absolute Gasteiger partial charge is 2.00 e. The molecule has 2 aromatic rings. The second-order valence-corrected chi connectivity index (χ2v) is 9.70. The number of ketones is 2. The first-order valence-electron chi connectivity index (χ1n) is 10.8. The van der Waals surface area contributed by atoms with Crippen LogP contribution in [0.5, 0.6) is 0 Å². The molecule has 0 aromatic heterocycles. The van der Waals surface area contributed by atoms with Gasteiger partial charge in [0.1, 0.15) is 0 Å². The minimum absolute atomic E-state index is 0. The SMILES string of the molecule is C/C=C/c1ccc2c(c1)S/C(=C/C(=O)C(F)(F)F)[N-]2.C/C=C/c1ccc2c(c1)S/C(=C/C(=O)C(F)(F)F)[N-]2.[Mn+2]. The zero-order valence-corrected chi connectivity index (χ0v) is 22.9. The third-order valence-electron chi connectivity index (χ3n) is 4.64. The number of hydrogen-bond donors (Lipinski definition) is 0. The maximum absolute atomic E-state index is 12.1. The Morgan fingerprint density at radius 2 is 1.05 bits per heavy atom. The van der Waals surface area contributed by atoms with Crippen LogP contribution in [0, 0.1) is 0 Å². The molecule has 2 aliphatic heterocycles. The zero-order valence-electron chi connectivity index (χ0n) is 20.1. The standard InChI is InChI=1S/2C13H10F3NOS.Mn/c2*1-2-3-8-4-5-9-10(6-8)19-12(17-9)7-11(18)13(14,15)16;/h2*2-7H,1H3,(H,17,18);/q;;+2/p-2/b2*3-2+;. The number of carbonyl (C=O) groups is 2. The minimum atomic E-state index is -4.85. The molecule has 0 amide bonds. The van der Waals surface area contributed by atoms with E-state index in [4.69, 9.17) is 0 Å². The van der Waals surface area contributed by atoms with Crippen molar-refractivity contribution in [3.05, 3.63) is 92.5 Å². The van der Waals surface area contributed by atoms with Crippen molar-refractivity contribution in [2.24, 2.45) is 0 Å². The molecule has 0 bridgehead atoms. The average Bonchev–Trinajstić information content (AvgIpc) is 3.40. The Hall–Kier alpha value is -2.86. The molecule has 0 spiro atoms. The number of alkyl halides is 6. The number of rotatable bonds is 4. The van der Waals surface area contributed by atoms with Crippen molar-refractivity contribution >= 4 is 58.6 Å². The fraction of sp³-hybridized carbons (Fsp3) is 0.154. The fourth-order valence-corrected chi connectivity index (χ4v) is 4.92. The number of hydrogen-bond acceptors (Lipinski definition) is 4. The summed E-state index contributed by atoms with van der Waals surface area (Å²) in [5.41, 5.74) is 3.04. The predicted molar refractivity (Wildman–Crippen MR) is 138 cm³/mol. The monoisotopic (exact) mass is 623 g/mol. The Morgan fingerprint density at radius 1 is 0.692 bits per heavy atom. The van der Waals surface area contributed by atoms with Gasteiger partial charge >= 0.3 is 29.4 Å². The molecule has 4 nitrogen and oxygen atoms in total. The summed E-state index contributed by atoms with van der Waals surface area (Å²) in [6, 6.07) is 10.7. The molecule has 0 atom stereocenters. The first-order valence-corrected chi connectivity index (χ1v) is 12.4. The van der Waals surface area contributed by atoms with Crippen LogP contribution in [0.15, 0.2) is 80.6 Å². The Labute approximate surface area is 239 Å². The predicted octanol–water partition coefficient (Wildman–Crippen LogP) is 9.60. The molecule has 4 rings (SSSR count). The van der Waals surface area contributed by atoms with E-state index in [1.165, 1.54) is 0 Å². The van der Waals surface area contributed by atoms with Crippen LogP contribution in [0.3, 0.4) is 0 Å². The van der Waals surface area contributed by atoms with E-state index in [1.54, 1.807) is 12.1 Å². The summed E-state index contributed by atoms with van der Waals surface area (Å²) in [6.45, 7) is 3.75. The van der Waals surface area contributed by atoms with Gasteiger partial charge in [-0.1, -0.05) is 58.6 Å². The van der Waals surface area contributed by atoms with E-state index < -0.39 is 23.9 Å². The van der Waals surface area contributed by atoms with Gasteiger partial charge in [0, 0.05) is 0 Å². The summed E-state index contributed by atoms with van der Waals surface area (Å²) >= 11 is 2.12. The van der Waals surface area contributed by atoms with E-state index in [1.807, 2.05) is 62.4 Å². The second kappa shape index (κ2) is 13.5. The molecule has 205 valence electrons. The summed E-state index contributed by atoms with van der Waals surface area (Å²) in [4.78, 5) is 23.2. The summed E-state index contributed by atoms with van der Waals surface area (Å²) in [5, 5.41) is 8.10. The molecule has 2 aliphatic rings. The van der Waals surface area contributed by atoms with Gasteiger partial charge in [0.05, 0.1) is 0 Å². The van der Waals surface area contributed by atoms with Gasteiger partial charge in [-0.15, -0.1) is 34.9 Å². The first kappa shape index (κ1) is 32.4. The van der Waals surface area contributed by atoms with Crippen LogP contribution in [0.25, 0.3) is 22.8 Å². The molecule has 39 heavy (non-hydrogen) atoms. The summed E-state index contributed by atoms with van der Waals surface area (Å²) in [5.74, 6) is -3.78. The van der Waals surface area contributed by atoms with Gasteiger partial charge in [0.2, 0.25) is 0 Å². The third-order valence-corrected chi connectivity index (χ3v) is 6.57. The number of carbonyl (C=O) groups excluding carboxylic acids is 2.